The molecular weight excluding hydrogens is 380 g/mol. The number of hydrogen-bond acceptors (Lipinski definition) is 5. The number of rotatable bonds is 4. The zero-order chi connectivity index (χ0) is 21.9. The van der Waals surface area contributed by atoms with E-state index < -0.39 is 11.1 Å². The van der Waals surface area contributed by atoms with Gasteiger partial charge in [-0.05, 0) is 65.0 Å². The van der Waals surface area contributed by atoms with Crippen molar-refractivity contribution in [3.63, 3.8) is 0 Å². The van der Waals surface area contributed by atoms with Crippen LogP contribution < -0.4 is 11.1 Å². The van der Waals surface area contributed by atoms with Crippen LogP contribution in [0.3, 0.4) is 0 Å². The molecular formula is C23H32N4O3. The molecule has 0 saturated carbocycles. The number of ether oxygens (including phenoxy) is 1. The van der Waals surface area contributed by atoms with Gasteiger partial charge in [0.25, 0.3) is 0 Å². The number of nitrogens with one attached hydrogen (secondary N) is 1. The van der Waals surface area contributed by atoms with Crippen molar-refractivity contribution in [1.82, 2.24) is 9.88 Å². The van der Waals surface area contributed by atoms with Crippen LogP contribution in [0.1, 0.15) is 47.0 Å². The van der Waals surface area contributed by atoms with Crippen molar-refractivity contribution in [2.24, 2.45) is 11.7 Å². The van der Waals surface area contributed by atoms with Gasteiger partial charge >= 0.3 is 6.09 Å². The largest absolute Gasteiger partial charge is 0.444 e. The Morgan fingerprint density at radius 1 is 1.20 bits per heavy atom. The van der Waals surface area contributed by atoms with Gasteiger partial charge in [-0.2, -0.15) is 0 Å². The molecule has 3 rings (SSSR count). The number of para-hydroxylation sites is 1. The molecule has 1 aromatic heterocycles. The van der Waals surface area contributed by atoms with Crippen LogP contribution in [0.2, 0.25) is 0 Å². The summed E-state index contributed by atoms with van der Waals surface area (Å²) in [5.41, 5.74) is 6.39. The van der Waals surface area contributed by atoms with Gasteiger partial charge < -0.3 is 20.7 Å². The number of nitrogens with zero attached hydrogens (tertiary/aromatic N) is 2. The van der Waals surface area contributed by atoms with Crippen LogP contribution in [0.15, 0.2) is 36.5 Å². The van der Waals surface area contributed by atoms with Crippen LogP contribution in [0, 0.1) is 5.92 Å². The van der Waals surface area contributed by atoms with Crippen molar-refractivity contribution in [1.29, 1.82) is 0 Å². The standard InChI is InChI=1S/C23H32N4O3/c1-22(2,3)30-21(29)27-11-9-16(10-12-27)14-23(4,24)20(28)26-18-13-17-7-5-6-8-19(17)25-15-18/h5-8,13,15-16H,9-12,14,24H2,1-4H3,(H,26,28). The molecule has 1 fully saturated rings. The van der Waals surface area contributed by atoms with Gasteiger partial charge in [0.2, 0.25) is 5.91 Å². The first-order chi connectivity index (χ1) is 14.0. The summed E-state index contributed by atoms with van der Waals surface area (Å²) in [5, 5.41) is 3.87. The molecule has 0 aliphatic carbocycles. The van der Waals surface area contributed by atoms with Crippen molar-refractivity contribution in [3.05, 3.63) is 36.5 Å². The van der Waals surface area contributed by atoms with Gasteiger partial charge in [-0.15, -0.1) is 0 Å². The van der Waals surface area contributed by atoms with Crippen LogP contribution >= 0.6 is 0 Å². The average Bonchev–Trinajstić information content (AvgIpc) is 2.66. The van der Waals surface area contributed by atoms with Crippen molar-refractivity contribution in [3.8, 4) is 0 Å². The molecule has 1 atom stereocenters. The summed E-state index contributed by atoms with van der Waals surface area (Å²) in [4.78, 5) is 31.2. The van der Waals surface area contributed by atoms with Gasteiger partial charge in [0.1, 0.15) is 5.60 Å². The predicted molar refractivity (Wildman–Crippen MR) is 118 cm³/mol. The maximum absolute atomic E-state index is 12.8. The van der Waals surface area contributed by atoms with Crippen LogP contribution in [0.4, 0.5) is 10.5 Å². The number of piperidine rings is 1. The lowest BCUT2D eigenvalue weighted by molar-refractivity contribution is -0.121. The summed E-state index contributed by atoms with van der Waals surface area (Å²) in [5.74, 6) is 0.0494. The van der Waals surface area contributed by atoms with E-state index >= 15 is 0 Å². The summed E-state index contributed by atoms with van der Waals surface area (Å²) in [6.45, 7) is 8.58. The third kappa shape index (κ3) is 5.69. The van der Waals surface area contributed by atoms with E-state index in [-0.39, 0.29) is 17.9 Å². The molecule has 1 aromatic carbocycles. The number of nitrogens with two attached hydrogens (primary N) is 1. The third-order valence-electron chi connectivity index (χ3n) is 5.35. The summed E-state index contributed by atoms with van der Waals surface area (Å²) in [6, 6.07) is 9.65. The van der Waals surface area contributed by atoms with E-state index in [1.54, 1.807) is 18.0 Å². The quantitative estimate of drug-likeness (QED) is 0.793. The van der Waals surface area contributed by atoms with Gasteiger partial charge in [0.05, 0.1) is 22.9 Å². The van der Waals surface area contributed by atoms with E-state index in [1.807, 2.05) is 51.1 Å². The highest BCUT2D eigenvalue weighted by molar-refractivity contribution is 5.98. The van der Waals surface area contributed by atoms with Crippen molar-refractivity contribution in [2.45, 2.75) is 58.1 Å². The minimum absolute atomic E-state index is 0.228. The molecule has 1 unspecified atom stereocenters. The second-order valence-corrected chi connectivity index (χ2v) is 9.40. The summed E-state index contributed by atoms with van der Waals surface area (Å²) in [6.07, 6.45) is 3.53. The number of benzene rings is 1. The Bertz CT molecular complexity index is 912. The molecule has 162 valence electrons. The van der Waals surface area contributed by atoms with E-state index in [2.05, 4.69) is 10.3 Å². The van der Waals surface area contributed by atoms with Crippen LogP contribution in [0.5, 0.6) is 0 Å². The van der Waals surface area contributed by atoms with Crippen molar-refractivity contribution >= 4 is 28.6 Å². The number of anilines is 1. The molecule has 1 aliphatic heterocycles. The minimum Gasteiger partial charge on any atom is -0.444 e. The second-order valence-electron chi connectivity index (χ2n) is 9.40. The van der Waals surface area contributed by atoms with E-state index in [0.29, 0.717) is 25.2 Å². The highest BCUT2D eigenvalue weighted by atomic mass is 16.6. The van der Waals surface area contributed by atoms with Crippen molar-refractivity contribution < 1.29 is 14.3 Å². The number of carbonyl (C=O) groups excluding carboxylic acids is 2. The first-order valence-corrected chi connectivity index (χ1v) is 10.5. The SMILES string of the molecule is CC(C)(C)OC(=O)N1CCC(CC(C)(N)C(=O)Nc2cnc3ccccc3c2)CC1. The second kappa shape index (κ2) is 8.60. The van der Waals surface area contributed by atoms with Gasteiger partial charge in [-0.25, -0.2) is 4.79 Å². The first kappa shape index (κ1) is 22.0. The van der Waals surface area contributed by atoms with E-state index in [4.69, 9.17) is 10.5 Å². The van der Waals surface area contributed by atoms with Crippen LogP contribution in [-0.2, 0) is 9.53 Å². The van der Waals surface area contributed by atoms with Gasteiger partial charge in [-0.3, -0.25) is 9.78 Å². The summed E-state index contributed by atoms with van der Waals surface area (Å²) in [7, 11) is 0. The summed E-state index contributed by atoms with van der Waals surface area (Å²) >= 11 is 0. The molecule has 1 saturated heterocycles. The number of carbonyl (C=O) groups is 2. The van der Waals surface area contributed by atoms with Gasteiger partial charge in [0, 0.05) is 18.5 Å². The topological polar surface area (TPSA) is 97.5 Å². The Morgan fingerprint density at radius 3 is 2.53 bits per heavy atom. The van der Waals surface area contributed by atoms with E-state index in [9.17, 15) is 9.59 Å². The third-order valence-corrected chi connectivity index (χ3v) is 5.35. The summed E-state index contributed by atoms with van der Waals surface area (Å²) < 4.78 is 5.44. The average molecular weight is 413 g/mol. The zero-order valence-electron chi connectivity index (χ0n) is 18.3. The predicted octanol–water partition coefficient (Wildman–Crippen LogP) is 3.93. The van der Waals surface area contributed by atoms with Gasteiger partial charge in [0.15, 0.2) is 0 Å². The molecule has 0 bridgehead atoms. The zero-order valence-corrected chi connectivity index (χ0v) is 18.3. The molecule has 7 heteroatoms. The number of likely N-dealkylation sites (tertiary alicyclic amines) is 1. The number of hydrogen-bond donors (Lipinski definition) is 2. The maximum Gasteiger partial charge on any atom is 0.410 e. The van der Waals surface area contributed by atoms with E-state index in [0.717, 1.165) is 23.7 Å². The minimum atomic E-state index is -1.01. The fourth-order valence-corrected chi connectivity index (χ4v) is 3.75. The lowest BCUT2D eigenvalue weighted by atomic mass is 9.83. The van der Waals surface area contributed by atoms with Gasteiger partial charge in [-0.1, -0.05) is 18.2 Å². The normalized spacial score (nSPS) is 17.4. The molecule has 2 heterocycles. The monoisotopic (exact) mass is 412 g/mol. The fraction of sp³-hybridized carbons (Fsp3) is 0.522. The smallest absolute Gasteiger partial charge is 0.410 e. The Kier molecular flexibility index (Phi) is 6.31. The molecule has 2 amide bonds. The Balaban J connectivity index is 1.54. The fourth-order valence-electron chi connectivity index (χ4n) is 3.75. The number of pyridine rings is 1. The number of aromatic nitrogens is 1. The molecule has 0 radical (unpaired) electrons. The van der Waals surface area contributed by atoms with Crippen LogP contribution in [0.25, 0.3) is 10.9 Å². The molecule has 3 N–H and O–H groups in total. The molecule has 1 aliphatic rings. The molecule has 2 aromatic rings. The Labute approximate surface area is 178 Å². The maximum atomic E-state index is 12.8. The first-order valence-electron chi connectivity index (χ1n) is 10.5. The molecule has 30 heavy (non-hydrogen) atoms. The lowest BCUT2D eigenvalue weighted by Gasteiger charge is -2.36. The van der Waals surface area contributed by atoms with Crippen LogP contribution in [-0.4, -0.2) is 46.1 Å². The Hall–Kier alpha value is -2.67. The highest BCUT2D eigenvalue weighted by Gasteiger charge is 2.34. The number of fused-ring (bicyclic) bond motifs is 1. The Morgan fingerprint density at radius 2 is 1.87 bits per heavy atom. The molecule has 7 nitrogen and oxygen atoms in total. The number of amides is 2. The van der Waals surface area contributed by atoms with Crippen molar-refractivity contribution in [2.75, 3.05) is 18.4 Å². The lowest BCUT2D eigenvalue weighted by Crippen LogP contribution is -2.51. The molecule has 0 spiro atoms. The highest BCUT2D eigenvalue weighted by Crippen LogP contribution is 2.27. The van der Waals surface area contributed by atoms with E-state index in [1.165, 1.54) is 0 Å².